The van der Waals surface area contributed by atoms with Crippen LogP contribution < -0.4 is 10.6 Å². The molecule has 2 aromatic carbocycles. The first-order valence-electron chi connectivity index (χ1n) is 9.45. The predicted octanol–water partition coefficient (Wildman–Crippen LogP) is 1.43. The van der Waals surface area contributed by atoms with Gasteiger partial charge in [0.05, 0.1) is 0 Å². The zero-order valence-corrected chi connectivity index (χ0v) is 15.9. The van der Waals surface area contributed by atoms with Gasteiger partial charge in [-0.2, -0.15) is 0 Å². The fourth-order valence-electron chi connectivity index (χ4n) is 3.35. The van der Waals surface area contributed by atoms with E-state index in [1.165, 1.54) is 0 Å². The lowest BCUT2D eigenvalue weighted by atomic mass is 9.90. The SMILES string of the molecule is C[C@@]1(c2ccc3ccccc3c2)NC(=O)N(CC(=O)OCC(=O)NC2CC2)C1=O. The van der Waals surface area contributed by atoms with Crippen LogP contribution in [0.2, 0.25) is 0 Å². The van der Waals surface area contributed by atoms with Crippen LogP contribution in [0.1, 0.15) is 25.3 Å². The van der Waals surface area contributed by atoms with Gasteiger partial charge in [-0.3, -0.25) is 19.3 Å². The molecule has 4 amide bonds. The van der Waals surface area contributed by atoms with Crippen molar-refractivity contribution in [3.63, 3.8) is 0 Å². The average molecular weight is 395 g/mol. The molecule has 8 nitrogen and oxygen atoms in total. The highest BCUT2D eigenvalue weighted by Gasteiger charge is 2.49. The molecular weight excluding hydrogens is 374 g/mol. The summed E-state index contributed by atoms with van der Waals surface area (Å²) >= 11 is 0. The third-order valence-electron chi connectivity index (χ3n) is 5.20. The van der Waals surface area contributed by atoms with E-state index >= 15 is 0 Å². The molecule has 2 aromatic rings. The fraction of sp³-hybridized carbons (Fsp3) is 0.333. The Hall–Kier alpha value is -3.42. The Morgan fingerprint density at radius 3 is 2.62 bits per heavy atom. The van der Waals surface area contributed by atoms with E-state index < -0.39 is 36.6 Å². The maximum Gasteiger partial charge on any atom is 0.326 e. The van der Waals surface area contributed by atoms with Crippen molar-refractivity contribution in [2.24, 2.45) is 0 Å². The number of carbonyl (C=O) groups excluding carboxylic acids is 4. The standard InChI is InChI=1S/C21H21N3O5/c1-21(15-7-6-13-4-2-3-5-14(13)10-15)19(27)24(20(28)23-21)11-18(26)29-12-17(25)22-16-8-9-16/h2-7,10,16H,8-9,11-12H2,1H3,(H,22,25)(H,23,28)/t21-/m0/s1. The number of carbonyl (C=O) groups is 4. The van der Waals surface area contributed by atoms with Crippen LogP contribution >= 0.6 is 0 Å². The number of nitrogens with one attached hydrogen (secondary N) is 2. The Morgan fingerprint density at radius 2 is 1.90 bits per heavy atom. The highest BCUT2D eigenvalue weighted by atomic mass is 16.5. The number of hydrogen-bond donors (Lipinski definition) is 2. The molecule has 0 aromatic heterocycles. The molecule has 1 saturated heterocycles. The third-order valence-corrected chi connectivity index (χ3v) is 5.20. The molecule has 0 spiro atoms. The molecule has 29 heavy (non-hydrogen) atoms. The smallest absolute Gasteiger partial charge is 0.326 e. The van der Waals surface area contributed by atoms with Gasteiger partial charge >= 0.3 is 12.0 Å². The van der Waals surface area contributed by atoms with Gasteiger partial charge in [-0.25, -0.2) is 4.79 Å². The second-order valence-electron chi connectivity index (χ2n) is 7.51. The number of nitrogens with zero attached hydrogens (tertiary/aromatic N) is 1. The van der Waals surface area contributed by atoms with Gasteiger partial charge in [-0.1, -0.05) is 36.4 Å². The van der Waals surface area contributed by atoms with E-state index in [4.69, 9.17) is 4.74 Å². The van der Waals surface area contributed by atoms with Crippen LogP contribution in [0.4, 0.5) is 4.79 Å². The lowest BCUT2D eigenvalue weighted by Crippen LogP contribution is -2.42. The Labute approximate surface area is 167 Å². The molecule has 1 heterocycles. The van der Waals surface area contributed by atoms with E-state index in [0.29, 0.717) is 5.56 Å². The first-order valence-corrected chi connectivity index (χ1v) is 9.45. The van der Waals surface area contributed by atoms with Gasteiger partial charge in [0.2, 0.25) is 0 Å². The van der Waals surface area contributed by atoms with Crippen LogP contribution in [0.3, 0.4) is 0 Å². The molecule has 2 aliphatic rings. The summed E-state index contributed by atoms with van der Waals surface area (Å²) in [6.45, 7) is 0.622. The molecule has 1 saturated carbocycles. The minimum absolute atomic E-state index is 0.162. The fourth-order valence-corrected chi connectivity index (χ4v) is 3.35. The number of hydrogen-bond acceptors (Lipinski definition) is 5. The van der Waals surface area contributed by atoms with Crippen molar-refractivity contribution in [1.82, 2.24) is 15.5 Å². The Kier molecular flexibility index (Phi) is 4.70. The first-order chi connectivity index (χ1) is 13.9. The van der Waals surface area contributed by atoms with E-state index in [2.05, 4.69) is 10.6 Å². The van der Waals surface area contributed by atoms with Crippen molar-refractivity contribution in [3.05, 3.63) is 48.0 Å². The van der Waals surface area contributed by atoms with Crippen molar-refractivity contribution in [2.45, 2.75) is 31.3 Å². The molecule has 4 rings (SSSR count). The van der Waals surface area contributed by atoms with E-state index in [0.717, 1.165) is 28.5 Å². The highest BCUT2D eigenvalue weighted by molar-refractivity contribution is 6.09. The largest absolute Gasteiger partial charge is 0.454 e. The maximum atomic E-state index is 13.0. The van der Waals surface area contributed by atoms with E-state index in [1.54, 1.807) is 13.0 Å². The molecular formula is C21H21N3O5. The number of imide groups is 1. The van der Waals surface area contributed by atoms with Gasteiger partial charge in [-0.15, -0.1) is 0 Å². The van der Waals surface area contributed by atoms with Crippen molar-refractivity contribution in [3.8, 4) is 0 Å². The van der Waals surface area contributed by atoms with Crippen molar-refractivity contribution in [1.29, 1.82) is 0 Å². The number of urea groups is 1. The van der Waals surface area contributed by atoms with Crippen molar-refractivity contribution >= 4 is 34.6 Å². The summed E-state index contributed by atoms with van der Waals surface area (Å²) in [5, 5.41) is 7.31. The normalized spacial score (nSPS) is 21.2. The van der Waals surface area contributed by atoms with Gasteiger partial charge in [0.15, 0.2) is 6.61 Å². The quantitative estimate of drug-likeness (QED) is 0.569. The van der Waals surface area contributed by atoms with Gasteiger partial charge in [0.25, 0.3) is 11.8 Å². The number of benzene rings is 2. The number of fused-ring (bicyclic) bond motifs is 1. The number of amides is 4. The number of ether oxygens (including phenoxy) is 1. The van der Waals surface area contributed by atoms with Crippen LogP contribution in [-0.4, -0.2) is 47.9 Å². The molecule has 0 unspecified atom stereocenters. The van der Waals surface area contributed by atoms with Gasteiger partial charge in [-0.05, 0) is 42.2 Å². The topological polar surface area (TPSA) is 105 Å². The average Bonchev–Trinajstić information content (AvgIpc) is 3.49. The summed E-state index contributed by atoms with van der Waals surface area (Å²) in [4.78, 5) is 49.8. The minimum Gasteiger partial charge on any atom is -0.454 e. The molecule has 1 atom stereocenters. The summed E-state index contributed by atoms with van der Waals surface area (Å²) < 4.78 is 4.90. The molecule has 2 N–H and O–H groups in total. The van der Waals surface area contributed by atoms with E-state index in [9.17, 15) is 19.2 Å². The third kappa shape index (κ3) is 3.78. The number of esters is 1. The van der Waals surface area contributed by atoms with Gasteiger partial charge < -0.3 is 15.4 Å². The predicted molar refractivity (Wildman–Crippen MR) is 104 cm³/mol. The Bertz CT molecular complexity index is 1020. The molecule has 0 radical (unpaired) electrons. The maximum absolute atomic E-state index is 13.0. The molecule has 1 aliphatic heterocycles. The lowest BCUT2D eigenvalue weighted by Gasteiger charge is -2.22. The van der Waals surface area contributed by atoms with Crippen LogP contribution in [-0.2, 0) is 24.7 Å². The van der Waals surface area contributed by atoms with Gasteiger partial charge in [0, 0.05) is 6.04 Å². The monoisotopic (exact) mass is 395 g/mol. The van der Waals surface area contributed by atoms with Crippen molar-refractivity contribution < 1.29 is 23.9 Å². The van der Waals surface area contributed by atoms with Crippen LogP contribution in [0.25, 0.3) is 10.8 Å². The summed E-state index contributed by atoms with van der Waals surface area (Å²) in [7, 11) is 0. The van der Waals surface area contributed by atoms with E-state index in [1.807, 2.05) is 36.4 Å². The molecule has 8 heteroatoms. The number of rotatable bonds is 6. The second-order valence-corrected chi connectivity index (χ2v) is 7.51. The van der Waals surface area contributed by atoms with Gasteiger partial charge in [0.1, 0.15) is 12.1 Å². The molecule has 0 bridgehead atoms. The Balaban J connectivity index is 1.44. The summed E-state index contributed by atoms with van der Waals surface area (Å²) in [5.41, 5.74) is -0.667. The molecule has 150 valence electrons. The van der Waals surface area contributed by atoms with Crippen LogP contribution in [0.5, 0.6) is 0 Å². The van der Waals surface area contributed by atoms with E-state index in [-0.39, 0.29) is 11.9 Å². The molecule has 2 fully saturated rings. The summed E-state index contributed by atoms with van der Waals surface area (Å²) in [5.74, 6) is -1.75. The second kappa shape index (κ2) is 7.20. The zero-order valence-electron chi connectivity index (χ0n) is 15.9. The van der Waals surface area contributed by atoms with Crippen LogP contribution in [0, 0.1) is 0 Å². The lowest BCUT2D eigenvalue weighted by molar-refractivity contribution is -0.151. The zero-order chi connectivity index (χ0) is 20.6. The minimum atomic E-state index is -1.29. The first kappa shape index (κ1) is 18.9. The molecule has 1 aliphatic carbocycles. The summed E-state index contributed by atoms with van der Waals surface area (Å²) in [6.07, 6.45) is 1.85. The Morgan fingerprint density at radius 1 is 1.17 bits per heavy atom. The van der Waals surface area contributed by atoms with Crippen molar-refractivity contribution in [2.75, 3.05) is 13.2 Å². The highest BCUT2D eigenvalue weighted by Crippen LogP contribution is 2.31. The van der Waals surface area contributed by atoms with Crippen LogP contribution in [0.15, 0.2) is 42.5 Å². The summed E-state index contributed by atoms with van der Waals surface area (Å²) in [6, 6.07) is 12.7.